The van der Waals surface area contributed by atoms with Gasteiger partial charge in [0.2, 0.25) is 5.91 Å². The summed E-state index contributed by atoms with van der Waals surface area (Å²) >= 11 is 0. The molecule has 0 aromatic heterocycles. The maximum absolute atomic E-state index is 12.1. The molecule has 1 aliphatic rings. The highest BCUT2D eigenvalue weighted by atomic mass is 16.2. The van der Waals surface area contributed by atoms with E-state index in [-0.39, 0.29) is 5.91 Å². The first-order valence-electron chi connectivity index (χ1n) is 6.81. The number of hydrazine groups is 1. The number of rotatable bonds is 2. The Morgan fingerprint density at radius 3 is 2.11 bits per heavy atom. The zero-order chi connectivity index (χ0) is 14.0. The highest BCUT2D eigenvalue weighted by Gasteiger charge is 2.25. The molecule has 0 atom stereocenters. The van der Waals surface area contributed by atoms with Crippen LogP contribution in [0.4, 0.5) is 5.69 Å². The van der Waals surface area contributed by atoms with Crippen LogP contribution in [0.3, 0.4) is 0 Å². The lowest BCUT2D eigenvalue weighted by atomic mass is 10.1. The van der Waals surface area contributed by atoms with Crippen molar-refractivity contribution in [3.8, 4) is 0 Å². The summed E-state index contributed by atoms with van der Waals surface area (Å²) in [6.45, 7) is 9.55. The number of benzene rings is 1. The summed E-state index contributed by atoms with van der Waals surface area (Å²) in [5, 5.41) is 4.02. The van der Waals surface area contributed by atoms with E-state index in [4.69, 9.17) is 0 Å². The van der Waals surface area contributed by atoms with Crippen molar-refractivity contribution in [1.29, 1.82) is 0 Å². The minimum atomic E-state index is 0.0851. The fraction of sp³-hybridized carbons (Fsp3) is 0.533. The van der Waals surface area contributed by atoms with E-state index in [1.165, 1.54) is 0 Å². The highest BCUT2D eigenvalue weighted by molar-refractivity contribution is 5.92. The van der Waals surface area contributed by atoms with Crippen LogP contribution in [-0.2, 0) is 4.79 Å². The van der Waals surface area contributed by atoms with Gasteiger partial charge in [-0.3, -0.25) is 4.79 Å². The second-order valence-electron chi connectivity index (χ2n) is 5.33. The molecule has 1 heterocycles. The van der Waals surface area contributed by atoms with Gasteiger partial charge in [-0.1, -0.05) is 18.2 Å². The zero-order valence-corrected chi connectivity index (χ0v) is 12.3. The third-order valence-corrected chi connectivity index (χ3v) is 3.71. The lowest BCUT2D eigenvalue weighted by Crippen LogP contribution is -2.55. The second kappa shape index (κ2) is 5.72. The molecule has 2 rings (SSSR count). The summed E-state index contributed by atoms with van der Waals surface area (Å²) < 4.78 is 0. The first kappa shape index (κ1) is 14.0. The zero-order valence-electron chi connectivity index (χ0n) is 12.3. The molecular formula is C15H23N3O. The Morgan fingerprint density at radius 2 is 1.63 bits per heavy atom. The van der Waals surface area contributed by atoms with E-state index in [1.807, 2.05) is 11.1 Å². The van der Waals surface area contributed by atoms with Gasteiger partial charge in [-0.05, 0) is 32.0 Å². The van der Waals surface area contributed by atoms with E-state index >= 15 is 0 Å². The van der Waals surface area contributed by atoms with E-state index in [1.54, 1.807) is 6.92 Å². The fourth-order valence-corrected chi connectivity index (χ4v) is 2.63. The number of likely N-dealkylation sites (N-methyl/N-ethyl adjacent to an activating group) is 1. The number of carbonyl (C=O) groups excluding carboxylic acids is 1. The molecule has 4 heteroatoms. The van der Waals surface area contributed by atoms with E-state index in [2.05, 4.69) is 42.9 Å². The van der Waals surface area contributed by atoms with Crippen LogP contribution in [0.2, 0.25) is 0 Å². The Labute approximate surface area is 115 Å². The van der Waals surface area contributed by atoms with E-state index in [9.17, 15) is 4.79 Å². The molecule has 4 nitrogen and oxygen atoms in total. The molecule has 0 bridgehead atoms. The van der Waals surface area contributed by atoms with Crippen LogP contribution in [0.1, 0.15) is 18.1 Å². The number of piperazine rings is 1. The van der Waals surface area contributed by atoms with Crippen molar-refractivity contribution in [3.63, 3.8) is 0 Å². The van der Waals surface area contributed by atoms with Gasteiger partial charge in [-0.25, -0.2) is 10.0 Å². The quantitative estimate of drug-likeness (QED) is 0.812. The van der Waals surface area contributed by atoms with Gasteiger partial charge in [-0.2, -0.15) is 0 Å². The molecule has 0 N–H and O–H groups in total. The molecule has 1 fully saturated rings. The molecule has 0 unspecified atom stereocenters. The molecule has 1 aromatic carbocycles. The number of nitrogens with zero attached hydrogens (tertiary/aromatic N) is 3. The summed E-state index contributed by atoms with van der Waals surface area (Å²) in [7, 11) is 2.12. The Morgan fingerprint density at radius 1 is 1.11 bits per heavy atom. The van der Waals surface area contributed by atoms with Crippen molar-refractivity contribution < 1.29 is 4.79 Å². The normalized spacial score (nSPS) is 17.5. The van der Waals surface area contributed by atoms with Gasteiger partial charge >= 0.3 is 0 Å². The molecule has 1 saturated heterocycles. The smallest absolute Gasteiger partial charge is 0.238 e. The van der Waals surface area contributed by atoms with E-state index in [0.29, 0.717) is 0 Å². The molecule has 0 radical (unpaired) electrons. The molecule has 19 heavy (non-hydrogen) atoms. The summed E-state index contributed by atoms with van der Waals surface area (Å²) in [4.78, 5) is 14.4. The number of hydrogen-bond donors (Lipinski definition) is 0. The summed E-state index contributed by atoms with van der Waals surface area (Å²) in [6.07, 6.45) is 0. The Bertz CT molecular complexity index is 444. The van der Waals surface area contributed by atoms with Crippen molar-refractivity contribution >= 4 is 11.6 Å². The third-order valence-electron chi connectivity index (χ3n) is 3.71. The Hall–Kier alpha value is -1.39. The Kier molecular flexibility index (Phi) is 4.22. The van der Waals surface area contributed by atoms with Crippen molar-refractivity contribution in [1.82, 2.24) is 9.91 Å². The van der Waals surface area contributed by atoms with Crippen molar-refractivity contribution in [2.45, 2.75) is 20.8 Å². The lowest BCUT2D eigenvalue weighted by Gasteiger charge is -2.40. The molecular weight excluding hydrogens is 238 g/mol. The topological polar surface area (TPSA) is 26.8 Å². The van der Waals surface area contributed by atoms with Crippen molar-refractivity contribution in [2.24, 2.45) is 0 Å². The number of hydrogen-bond acceptors (Lipinski definition) is 3. The summed E-state index contributed by atoms with van der Waals surface area (Å²) in [5.41, 5.74) is 3.34. The van der Waals surface area contributed by atoms with Crippen molar-refractivity contribution in [3.05, 3.63) is 29.3 Å². The van der Waals surface area contributed by atoms with Gasteiger partial charge in [-0.15, -0.1) is 0 Å². The predicted molar refractivity (Wildman–Crippen MR) is 78.1 cm³/mol. The van der Waals surface area contributed by atoms with Crippen LogP contribution < -0.4 is 5.01 Å². The molecule has 0 spiro atoms. The minimum absolute atomic E-state index is 0.0851. The first-order chi connectivity index (χ1) is 9.00. The fourth-order valence-electron chi connectivity index (χ4n) is 2.63. The third kappa shape index (κ3) is 2.96. The van der Waals surface area contributed by atoms with Gasteiger partial charge in [0.1, 0.15) is 0 Å². The van der Waals surface area contributed by atoms with Crippen LogP contribution in [0.25, 0.3) is 0 Å². The maximum Gasteiger partial charge on any atom is 0.238 e. The monoisotopic (exact) mass is 261 g/mol. The van der Waals surface area contributed by atoms with Gasteiger partial charge in [0.15, 0.2) is 0 Å². The van der Waals surface area contributed by atoms with Crippen LogP contribution >= 0.6 is 0 Å². The first-order valence-corrected chi connectivity index (χ1v) is 6.81. The molecule has 0 saturated carbocycles. The average Bonchev–Trinajstić information content (AvgIpc) is 2.35. The minimum Gasteiger partial charge on any atom is -0.304 e. The predicted octanol–water partition coefficient (Wildman–Crippen LogP) is 1.82. The van der Waals surface area contributed by atoms with Gasteiger partial charge in [0.05, 0.1) is 5.69 Å². The largest absolute Gasteiger partial charge is 0.304 e. The van der Waals surface area contributed by atoms with Crippen LogP contribution in [-0.4, -0.2) is 49.0 Å². The standard InChI is InChI=1S/C15H23N3O/c1-12-6-5-7-13(2)15(12)18(14(3)19)17-10-8-16(4)9-11-17/h5-7H,8-11H2,1-4H3. The molecule has 0 aliphatic carbocycles. The van der Waals surface area contributed by atoms with E-state index in [0.717, 1.165) is 43.0 Å². The molecule has 1 amide bonds. The van der Waals surface area contributed by atoms with Gasteiger partial charge in [0, 0.05) is 33.1 Å². The number of anilines is 1. The number of para-hydroxylation sites is 1. The van der Waals surface area contributed by atoms with Gasteiger partial charge in [0.25, 0.3) is 0 Å². The van der Waals surface area contributed by atoms with E-state index < -0.39 is 0 Å². The lowest BCUT2D eigenvalue weighted by molar-refractivity contribution is -0.120. The van der Waals surface area contributed by atoms with Crippen molar-refractivity contribution in [2.75, 3.05) is 38.2 Å². The number of amides is 1. The molecule has 104 valence electrons. The summed E-state index contributed by atoms with van der Waals surface area (Å²) in [5.74, 6) is 0.0851. The Balaban J connectivity index is 2.33. The SMILES string of the molecule is CC(=O)N(c1c(C)cccc1C)N1CCN(C)CC1. The number of carbonyl (C=O) groups is 1. The molecule has 1 aromatic rings. The maximum atomic E-state index is 12.1. The highest BCUT2D eigenvalue weighted by Crippen LogP contribution is 2.26. The second-order valence-corrected chi connectivity index (χ2v) is 5.33. The molecule has 1 aliphatic heterocycles. The number of aryl methyl sites for hydroxylation is 2. The van der Waals surface area contributed by atoms with Gasteiger partial charge < -0.3 is 4.90 Å². The average molecular weight is 261 g/mol. The summed E-state index contributed by atoms with van der Waals surface area (Å²) in [6, 6.07) is 6.17. The van der Waals surface area contributed by atoms with Crippen LogP contribution in [0, 0.1) is 13.8 Å². The van der Waals surface area contributed by atoms with Crippen LogP contribution in [0.15, 0.2) is 18.2 Å². The van der Waals surface area contributed by atoms with Crippen LogP contribution in [0.5, 0.6) is 0 Å².